The first-order chi connectivity index (χ1) is 13.8. The van der Waals surface area contributed by atoms with Crippen molar-refractivity contribution < 1.29 is 14.4 Å². The van der Waals surface area contributed by atoms with E-state index < -0.39 is 17.1 Å². The lowest BCUT2D eigenvalue weighted by Crippen LogP contribution is -2.36. The number of carbonyl (C=O) groups is 3. The van der Waals surface area contributed by atoms with E-state index in [9.17, 15) is 14.4 Å². The molecule has 2 aromatic carbocycles. The van der Waals surface area contributed by atoms with Crippen LogP contribution in [0.2, 0.25) is 5.02 Å². The first kappa shape index (κ1) is 21.4. The van der Waals surface area contributed by atoms with Crippen LogP contribution in [0.15, 0.2) is 51.8 Å². The lowest BCUT2D eigenvalue weighted by Gasteiger charge is -2.14. The third-order valence-corrected chi connectivity index (χ3v) is 5.95. The van der Waals surface area contributed by atoms with Crippen LogP contribution in [-0.2, 0) is 9.59 Å². The van der Waals surface area contributed by atoms with E-state index in [1.54, 1.807) is 30.3 Å². The molecule has 9 heteroatoms. The summed E-state index contributed by atoms with van der Waals surface area (Å²) in [5.74, 6) is -0.998. The monoisotopic (exact) mass is 493 g/mol. The zero-order valence-corrected chi connectivity index (χ0v) is 18.8. The third kappa shape index (κ3) is 5.01. The van der Waals surface area contributed by atoms with Gasteiger partial charge in [-0.3, -0.25) is 19.3 Å². The van der Waals surface area contributed by atoms with Crippen molar-refractivity contribution in [3.63, 3.8) is 0 Å². The molecule has 3 rings (SSSR count). The predicted octanol–water partition coefficient (Wildman–Crippen LogP) is 4.84. The number of hydrogen-bond acceptors (Lipinski definition) is 5. The van der Waals surface area contributed by atoms with Gasteiger partial charge in [0.05, 0.1) is 21.3 Å². The van der Waals surface area contributed by atoms with Crippen LogP contribution < -0.4 is 10.2 Å². The molecule has 3 amide bonds. The Kier molecular flexibility index (Phi) is 6.66. The summed E-state index contributed by atoms with van der Waals surface area (Å²) in [7, 11) is 3.86. The van der Waals surface area contributed by atoms with E-state index >= 15 is 0 Å². The lowest BCUT2D eigenvalue weighted by molar-refractivity contribution is -0.127. The van der Waals surface area contributed by atoms with E-state index in [-0.39, 0.29) is 11.4 Å². The number of carbonyl (C=O) groups excluding carboxylic acids is 3. The summed E-state index contributed by atoms with van der Waals surface area (Å²) in [6.45, 7) is -0.378. The molecule has 29 heavy (non-hydrogen) atoms. The number of hydrogen-bond donors (Lipinski definition) is 1. The number of anilines is 2. The zero-order valence-electron chi connectivity index (χ0n) is 15.6. The minimum absolute atomic E-state index is 0.269. The number of nitrogens with one attached hydrogen (secondary N) is 1. The zero-order chi connectivity index (χ0) is 21.1. The molecule has 0 bridgehead atoms. The molecule has 1 aliphatic heterocycles. The molecule has 1 N–H and O–H groups in total. The molecule has 0 radical (unpaired) electrons. The van der Waals surface area contributed by atoms with Crippen LogP contribution in [0.25, 0.3) is 6.08 Å². The molecule has 0 saturated carbocycles. The molecule has 1 heterocycles. The second kappa shape index (κ2) is 9.02. The van der Waals surface area contributed by atoms with Crippen molar-refractivity contribution in [2.75, 3.05) is 30.9 Å². The summed E-state index contributed by atoms with van der Waals surface area (Å²) in [6, 6.07) is 12.4. The Hall–Kier alpha value is -2.29. The van der Waals surface area contributed by atoms with Crippen molar-refractivity contribution >= 4 is 73.8 Å². The molecular formula is C20H17BrClN3O3S. The predicted molar refractivity (Wildman–Crippen MR) is 121 cm³/mol. The van der Waals surface area contributed by atoms with Crippen LogP contribution in [0, 0.1) is 0 Å². The smallest absolute Gasteiger partial charge is 0.294 e. The maximum Gasteiger partial charge on any atom is 0.294 e. The highest BCUT2D eigenvalue weighted by Crippen LogP contribution is 2.34. The second-order valence-corrected chi connectivity index (χ2v) is 8.66. The Bertz CT molecular complexity index is 1030. The maximum atomic E-state index is 12.6. The van der Waals surface area contributed by atoms with E-state index in [0.29, 0.717) is 10.7 Å². The van der Waals surface area contributed by atoms with Crippen molar-refractivity contribution in [2.24, 2.45) is 0 Å². The molecule has 0 aliphatic carbocycles. The number of rotatable bonds is 5. The lowest BCUT2D eigenvalue weighted by atomic mass is 10.2. The Morgan fingerprint density at radius 1 is 1.24 bits per heavy atom. The summed E-state index contributed by atoms with van der Waals surface area (Å²) in [6.07, 6.45) is 1.64. The van der Waals surface area contributed by atoms with E-state index in [2.05, 4.69) is 21.2 Å². The molecule has 1 fully saturated rings. The normalized spacial score (nSPS) is 15.2. The number of para-hydroxylation sites is 1. The molecular weight excluding hydrogens is 478 g/mol. The average Bonchev–Trinajstić information content (AvgIpc) is 2.91. The Morgan fingerprint density at radius 2 is 1.97 bits per heavy atom. The molecule has 0 spiro atoms. The van der Waals surface area contributed by atoms with Crippen molar-refractivity contribution in [2.45, 2.75) is 0 Å². The highest BCUT2D eigenvalue weighted by atomic mass is 79.9. The average molecular weight is 495 g/mol. The van der Waals surface area contributed by atoms with Crippen molar-refractivity contribution in [1.82, 2.24) is 4.90 Å². The standard InChI is InChI=1S/C20H17BrClN3O3S/c1-24(2)16-8-7-12(9-13(16)21)10-17-19(27)25(20(28)29-17)11-18(26)23-15-6-4-3-5-14(15)22/h3-10H,11H2,1-2H3,(H,23,26)/b17-10+. The molecule has 6 nitrogen and oxygen atoms in total. The van der Waals surface area contributed by atoms with Crippen LogP contribution in [0.3, 0.4) is 0 Å². The maximum absolute atomic E-state index is 12.6. The van der Waals surface area contributed by atoms with Crippen molar-refractivity contribution in [1.29, 1.82) is 0 Å². The largest absolute Gasteiger partial charge is 0.377 e. The van der Waals surface area contributed by atoms with Gasteiger partial charge in [0.25, 0.3) is 11.1 Å². The van der Waals surface area contributed by atoms with Gasteiger partial charge < -0.3 is 10.2 Å². The van der Waals surface area contributed by atoms with Crippen LogP contribution in [0.4, 0.5) is 16.2 Å². The number of thioether (sulfide) groups is 1. The van der Waals surface area contributed by atoms with Crippen LogP contribution in [0.5, 0.6) is 0 Å². The minimum Gasteiger partial charge on any atom is -0.377 e. The summed E-state index contributed by atoms with van der Waals surface area (Å²) in [5.41, 5.74) is 2.19. The number of amides is 3. The molecule has 2 aromatic rings. The Morgan fingerprint density at radius 3 is 2.62 bits per heavy atom. The topological polar surface area (TPSA) is 69.7 Å². The third-order valence-electron chi connectivity index (χ3n) is 4.07. The molecule has 150 valence electrons. The van der Waals surface area contributed by atoms with Gasteiger partial charge in [-0.2, -0.15) is 0 Å². The first-order valence-electron chi connectivity index (χ1n) is 8.53. The van der Waals surface area contributed by atoms with Gasteiger partial charge in [-0.1, -0.05) is 29.8 Å². The summed E-state index contributed by atoms with van der Waals surface area (Å²) in [4.78, 5) is 40.3. The Balaban J connectivity index is 1.72. The molecule has 0 unspecified atom stereocenters. The quantitative estimate of drug-likeness (QED) is 0.602. The van der Waals surface area contributed by atoms with Gasteiger partial charge >= 0.3 is 0 Å². The minimum atomic E-state index is -0.500. The number of nitrogens with zero attached hydrogens (tertiary/aromatic N) is 2. The van der Waals surface area contributed by atoms with Crippen LogP contribution in [-0.4, -0.2) is 42.6 Å². The molecule has 1 saturated heterocycles. The van der Waals surface area contributed by atoms with Crippen molar-refractivity contribution in [3.05, 3.63) is 62.4 Å². The van der Waals surface area contributed by atoms with Gasteiger partial charge in [0.1, 0.15) is 6.54 Å². The van der Waals surface area contributed by atoms with Gasteiger partial charge in [0.15, 0.2) is 0 Å². The summed E-state index contributed by atoms with van der Waals surface area (Å²) < 4.78 is 0.870. The van der Waals surface area contributed by atoms with Gasteiger partial charge in [-0.15, -0.1) is 0 Å². The fraction of sp³-hybridized carbons (Fsp3) is 0.150. The van der Waals surface area contributed by atoms with Gasteiger partial charge in [-0.05, 0) is 63.6 Å². The highest BCUT2D eigenvalue weighted by molar-refractivity contribution is 9.10. The van der Waals surface area contributed by atoms with E-state index in [1.807, 2.05) is 37.2 Å². The molecule has 1 aliphatic rings. The van der Waals surface area contributed by atoms with Crippen LogP contribution >= 0.6 is 39.3 Å². The highest BCUT2D eigenvalue weighted by Gasteiger charge is 2.36. The van der Waals surface area contributed by atoms with Crippen molar-refractivity contribution in [3.8, 4) is 0 Å². The SMILES string of the molecule is CN(C)c1ccc(/C=C2/SC(=O)N(CC(=O)Nc3ccccc3Cl)C2=O)cc1Br. The van der Waals surface area contributed by atoms with E-state index in [1.165, 1.54) is 0 Å². The second-order valence-electron chi connectivity index (χ2n) is 6.40. The Labute approximate surface area is 186 Å². The number of imide groups is 1. The summed E-state index contributed by atoms with van der Waals surface area (Å²) >= 11 is 10.3. The first-order valence-corrected chi connectivity index (χ1v) is 10.5. The molecule has 0 atom stereocenters. The molecule has 0 aromatic heterocycles. The van der Waals surface area contributed by atoms with Gasteiger partial charge in [-0.25, -0.2) is 0 Å². The van der Waals surface area contributed by atoms with Gasteiger partial charge in [0, 0.05) is 18.6 Å². The van der Waals surface area contributed by atoms with Gasteiger partial charge in [0.2, 0.25) is 5.91 Å². The number of benzene rings is 2. The fourth-order valence-electron chi connectivity index (χ4n) is 2.66. The number of halogens is 2. The summed E-state index contributed by atoms with van der Waals surface area (Å²) in [5, 5.41) is 2.50. The van der Waals surface area contributed by atoms with E-state index in [0.717, 1.165) is 32.4 Å². The van der Waals surface area contributed by atoms with Crippen LogP contribution in [0.1, 0.15) is 5.56 Å². The van der Waals surface area contributed by atoms with E-state index in [4.69, 9.17) is 11.6 Å². The fourth-order valence-corrected chi connectivity index (χ4v) is 4.43.